The SMILES string of the molecule is O=C(NCc1cccc(C(F)(F)F)c1)[C@@H]1CC(=O)N(c2ccc(F)c(Cl)c2)C1. The van der Waals surface area contributed by atoms with Gasteiger partial charge < -0.3 is 10.2 Å². The molecule has 1 fully saturated rings. The van der Waals surface area contributed by atoms with Crippen LogP contribution in [0.2, 0.25) is 5.02 Å². The Morgan fingerprint density at radius 2 is 1.96 bits per heavy atom. The summed E-state index contributed by atoms with van der Waals surface area (Å²) in [6.07, 6.45) is -4.52. The highest BCUT2D eigenvalue weighted by atomic mass is 35.5. The molecule has 0 unspecified atom stereocenters. The van der Waals surface area contributed by atoms with Crippen molar-refractivity contribution >= 4 is 29.1 Å². The van der Waals surface area contributed by atoms with Crippen LogP contribution in [0.4, 0.5) is 23.2 Å². The van der Waals surface area contributed by atoms with E-state index in [0.29, 0.717) is 11.3 Å². The number of rotatable bonds is 4. The molecule has 1 atom stereocenters. The van der Waals surface area contributed by atoms with Gasteiger partial charge in [0.15, 0.2) is 0 Å². The van der Waals surface area contributed by atoms with Crippen LogP contribution in [-0.2, 0) is 22.3 Å². The van der Waals surface area contributed by atoms with Crippen molar-refractivity contribution in [3.8, 4) is 0 Å². The number of hydrogen-bond donors (Lipinski definition) is 1. The Balaban J connectivity index is 1.63. The van der Waals surface area contributed by atoms with Crippen LogP contribution >= 0.6 is 11.6 Å². The lowest BCUT2D eigenvalue weighted by Crippen LogP contribution is -2.32. The van der Waals surface area contributed by atoms with Crippen LogP contribution in [0.5, 0.6) is 0 Å². The van der Waals surface area contributed by atoms with Gasteiger partial charge in [0.05, 0.1) is 16.5 Å². The summed E-state index contributed by atoms with van der Waals surface area (Å²) in [5.74, 6) is -2.04. The van der Waals surface area contributed by atoms with Crippen LogP contribution in [0, 0.1) is 11.7 Å². The Labute approximate surface area is 163 Å². The molecule has 2 aromatic carbocycles. The predicted molar refractivity (Wildman–Crippen MR) is 95.2 cm³/mol. The van der Waals surface area contributed by atoms with Gasteiger partial charge in [0.25, 0.3) is 0 Å². The van der Waals surface area contributed by atoms with Crippen LogP contribution in [0.1, 0.15) is 17.5 Å². The molecule has 1 N–H and O–H groups in total. The zero-order chi connectivity index (χ0) is 20.5. The summed E-state index contributed by atoms with van der Waals surface area (Å²) >= 11 is 5.73. The van der Waals surface area contributed by atoms with Gasteiger partial charge in [0.2, 0.25) is 11.8 Å². The number of carbonyl (C=O) groups is 2. The number of carbonyl (C=O) groups excluding carboxylic acids is 2. The highest BCUT2D eigenvalue weighted by molar-refractivity contribution is 6.31. The molecule has 0 spiro atoms. The molecule has 1 aliphatic heterocycles. The average molecular weight is 415 g/mol. The maximum Gasteiger partial charge on any atom is 0.416 e. The van der Waals surface area contributed by atoms with Gasteiger partial charge in [-0.3, -0.25) is 9.59 Å². The molecule has 28 heavy (non-hydrogen) atoms. The van der Waals surface area contributed by atoms with Crippen molar-refractivity contribution in [1.29, 1.82) is 0 Å². The van der Waals surface area contributed by atoms with Crippen LogP contribution in [0.15, 0.2) is 42.5 Å². The Bertz CT molecular complexity index is 917. The Kier molecular flexibility index (Phi) is 5.60. The number of benzene rings is 2. The second-order valence-electron chi connectivity index (χ2n) is 6.42. The Morgan fingerprint density at radius 1 is 1.21 bits per heavy atom. The lowest BCUT2D eigenvalue weighted by molar-refractivity contribution is -0.137. The van der Waals surface area contributed by atoms with Gasteiger partial charge in [-0.2, -0.15) is 13.2 Å². The Hall–Kier alpha value is -2.61. The molecule has 0 aliphatic carbocycles. The molecule has 0 bridgehead atoms. The van der Waals surface area contributed by atoms with Crippen molar-refractivity contribution in [3.05, 3.63) is 64.4 Å². The van der Waals surface area contributed by atoms with E-state index in [-0.39, 0.29) is 30.4 Å². The van der Waals surface area contributed by atoms with Gasteiger partial charge in [-0.25, -0.2) is 4.39 Å². The summed E-state index contributed by atoms with van der Waals surface area (Å²) < 4.78 is 51.5. The molecule has 148 valence electrons. The van der Waals surface area contributed by atoms with E-state index in [1.54, 1.807) is 0 Å². The van der Waals surface area contributed by atoms with E-state index in [1.165, 1.54) is 29.2 Å². The van der Waals surface area contributed by atoms with Crippen molar-refractivity contribution in [3.63, 3.8) is 0 Å². The lowest BCUT2D eigenvalue weighted by Gasteiger charge is -2.17. The molecule has 0 aromatic heterocycles. The van der Waals surface area contributed by atoms with Gasteiger partial charge in [0.1, 0.15) is 5.82 Å². The van der Waals surface area contributed by atoms with E-state index in [9.17, 15) is 27.2 Å². The maximum absolute atomic E-state index is 13.3. The molecule has 2 amide bonds. The van der Waals surface area contributed by atoms with E-state index in [4.69, 9.17) is 11.6 Å². The molecule has 0 saturated carbocycles. The van der Waals surface area contributed by atoms with Crippen molar-refractivity contribution in [1.82, 2.24) is 5.32 Å². The molecule has 3 rings (SSSR count). The number of nitrogens with zero attached hydrogens (tertiary/aromatic N) is 1. The van der Waals surface area contributed by atoms with Crippen molar-refractivity contribution < 1.29 is 27.2 Å². The van der Waals surface area contributed by atoms with Crippen LogP contribution in [-0.4, -0.2) is 18.4 Å². The highest BCUT2D eigenvalue weighted by Gasteiger charge is 2.35. The first-order valence-electron chi connectivity index (χ1n) is 8.34. The number of halogens is 5. The topological polar surface area (TPSA) is 49.4 Å². The van der Waals surface area contributed by atoms with Gasteiger partial charge in [-0.1, -0.05) is 23.7 Å². The monoisotopic (exact) mass is 414 g/mol. The third-order valence-electron chi connectivity index (χ3n) is 4.43. The van der Waals surface area contributed by atoms with E-state index in [0.717, 1.165) is 18.2 Å². The van der Waals surface area contributed by atoms with Gasteiger partial charge in [0, 0.05) is 25.2 Å². The third kappa shape index (κ3) is 4.44. The summed E-state index contributed by atoms with van der Waals surface area (Å²) in [5.41, 5.74) is -0.117. The quantitative estimate of drug-likeness (QED) is 0.763. The number of amides is 2. The van der Waals surface area contributed by atoms with E-state index in [2.05, 4.69) is 5.32 Å². The van der Waals surface area contributed by atoms with Crippen LogP contribution in [0.25, 0.3) is 0 Å². The van der Waals surface area contributed by atoms with E-state index in [1.807, 2.05) is 0 Å². The van der Waals surface area contributed by atoms with Crippen molar-refractivity contribution in [2.24, 2.45) is 5.92 Å². The number of alkyl halides is 3. The predicted octanol–water partition coefficient (Wildman–Crippen LogP) is 4.17. The van der Waals surface area contributed by atoms with Crippen LogP contribution < -0.4 is 10.2 Å². The lowest BCUT2D eigenvalue weighted by atomic mass is 10.1. The van der Waals surface area contributed by atoms with Crippen molar-refractivity contribution in [2.45, 2.75) is 19.1 Å². The summed E-state index contributed by atoms with van der Waals surface area (Å²) in [6, 6.07) is 8.48. The minimum absolute atomic E-state index is 0.0522. The molecule has 1 aliphatic rings. The fourth-order valence-electron chi connectivity index (χ4n) is 2.98. The molecular formula is C19H15ClF4N2O2. The minimum atomic E-state index is -4.46. The largest absolute Gasteiger partial charge is 0.416 e. The molecule has 1 heterocycles. The standard InChI is InChI=1S/C19H15ClF4N2O2/c20-15-8-14(4-5-16(15)21)26-10-12(7-17(26)27)18(28)25-9-11-2-1-3-13(6-11)19(22,23)24/h1-6,8,12H,7,9-10H2,(H,25,28)/t12-/m1/s1. The van der Waals surface area contributed by atoms with E-state index >= 15 is 0 Å². The third-order valence-corrected chi connectivity index (χ3v) is 4.72. The molecule has 1 saturated heterocycles. The first-order valence-corrected chi connectivity index (χ1v) is 8.72. The van der Waals surface area contributed by atoms with Crippen LogP contribution in [0.3, 0.4) is 0 Å². The molecule has 0 radical (unpaired) electrons. The number of hydrogen-bond acceptors (Lipinski definition) is 2. The molecule has 9 heteroatoms. The Morgan fingerprint density at radius 3 is 2.64 bits per heavy atom. The fraction of sp³-hybridized carbons (Fsp3) is 0.263. The zero-order valence-corrected chi connectivity index (χ0v) is 15.1. The summed E-state index contributed by atoms with van der Waals surface area (Å²) in [5, 5.41) is 2.43. The zero-order valence-electron chi connectivity index (χ0n) is 14.4. The smallest absolute Gasteiger partial charge is 0.352 e. The second kappa shape index (κ2) is 7.79. The van der Waals surface area contributed by atoms with Gasteiger partial charge in [-0.15, -0.1) is 0 Å². The second-order valence-corrected chi connectivity index (χ2v) is 6.83. The van der Waals surface area contributed by atoms with Gasteiger partial charge >= 0.3 is 6.18 Å². The summed E-state index contributed by atoms with van der Waals surface area (Å²) in [7, 11) is 0. The first-order chi connectivity index (χ1) is 13.1. The molecular weight excluding hydrogens is 400 g/mol. The van der Waals surface area contributed by atoms with Crippen molar-refractivity contribution in [2.75, 3.05) is 11.4 Å². The minimum Gasteiger partial charge on any atom is -0.352 e. The summed E-state index contributed by atoms with van der Waals surface area (Å²) in [4.78, 5) is 25.9. The summed E-state index contributed by atoms with van der Waals surface area (Å²) in [6.45, 7) is -0.00889. The fourth-order valence-corrected chi connectivity index (χ4v) is 3.15. The highest BCUT2D eigenvalue weighted by Crippen LogP contribution is 2.30. The molecule has 2 aromatic rings. The maximum atomic E-state index is 13.3. The normalized spacial score (nSPS) is 17.1. The first kappa shape index (κ1) is 20.1. The average Bonchev–Trinajstić information content (AvgIpc) is 3.03. The van der Waals surface area contributed by atoms with E-state index < -0.39 is 29.4 Å². The number of anilines is 1. The molecule has 4 nitrogen and oxygen atoms in total. The van der Waals surface area contributed by atoms with Gasteiger partial charge in [-0.05, 0) is 35.9 Å². The number of nitrogens with one attached hydrogen (secondary N) is 1.